The standard InChI is InChI=1S/C11H17N3O6S/c1-19-6-7-20-5-4-13-21(17,18)11-3-2-9(12)8-10(11)14(15)16/h2-3,8,13H,4-7,12H2,1H3. The van der Waals surface area contributed by atoms with Crippen LogP contribution in [0.3, 0.4) is 0 Å². The van der Waals surface area contributed by atoms with Crippen LogP contribution in [0.15, 0.2) is 23.1 Å². The van der Waals surface area contributed by atoms with Crippen molar-refractivity contribution >= 4 is 21.4 Å². The summed E-state index contributed by atoms with van der Waals surface area (Å²) in [6.07, 6.45) is 0. The van der Waals surface area contributed by atoms with Crippen molar-refractivity contribution in [2.75, 3.05) is 39.2 Å². The summed E-state index contributed by atoms with van der Waals surface area (Å²) in [4.78, 5) is 9.66. The molecule has 0 radical (unpaired) electrons. The van der Waals surface area contributed by atoms with Gasteiger partial charge in [-0.15, -0.1) is 0 Å². The van der Waals surface area contributed by atoms with Gasteiger partial charge in [0.15, 0.2) is 4.90 Å². The van der Waals surface area contributed by atoms with Crippen LogP contribution in [-0.4, -0.2) is 46.8 Å². The molecule has 0 fully saturated rings. The van der Waals surface area contributed by atoms with E-state index in [9.17, 15) is 18.5 Å². The molecule has 1 aromatic carbocycles. The fourth-order valence-corrected chi connectivity index (χ4v) is 2.64. The molecule has 0 aliphatic carbocycles. The Morgan fingerprint density at radius 3 is 2.67 bits per heavy atom. The molecule has 0 aliphatic heterocycles. The number of ether oxygens (including phenoxy) is 2. The Labute approximate surface area is 122 Å². The molecular weight excluding hydrogens is 302 g/mol. The second-order valence-electron chi connectivity index (χ2n) is 3.99. The first-order valence-corrected chi connectivity index (χ1v) is 7.47. The lowest BCUT2D eigenvalue weighted by atomic mass is 10.3. The number of hydrogen-bond acceptors (Lipinski definition) is 7. The molecule has 0 aliphatic rings. The van der Waals surface area contributed by atoms with E-state index in [0.29, 0.717) is 13.2 Å². The molecule has 3 N–H and O–H groups in total. The van der Waals surface area contributed by atoms with Gasteiger partial charge in [0.2, 0.25) is 10.0 Å². The fraction of sp³-hybridized carbons (Fsp3) is 0.455. The van der Waals surface area contributed by atoms with E-state index in [1.807, 2.05) is 0 Å². The highest BCUT2D eigenvalue weighted by molar-refractivity contribution is 7.89. The number of hydrogen-bond donors (Lipinski definition) is 2. The van der Waals surface area contributed by atoms with E-state index in [2.05, 4.69) is 4.72 Å². The van der Waals surface area contributed by atoms with Crippen LogP contribution in [0.1, 0.15) is 0 Å². The zero-order chi connectivity index (χ0) is 15.9. The summed E-state index contributed by atoms with van der Waals surface area (Å²) in [5.74, 6) is 0. The molecule has 10 heteroatoms. The average Bonchev–Trinajstić information content (AvgIpc) is 2.42. The molecule has 1 rings (SSSR count). The molecule has 0 bridgehead atoms. The van der Waals surface area contributed by atoms with Gasteiger partial charge in [-0.2, -0.15) is 0 Å². The third kappa shape index (κ3) is 5.27. The van der Waals surface area contributed by atoms with Gasteiger partial charge in [-0.1, -0.05) is 0 Å². The SMILES string of the molecule is COCCOCCNS(=O)(=O)c1ccc(N)cc1[N+](=O)[O-]. The van der Waals surface area contributed by atoms with Gasteiger partial charge in [-0.05, 0) is 12.1 Å². The highest BCUT2D eigenvalue weighted by atomic mass is 32.2. The van der Waals surface area contributed by atoms with Crippen LogP contribution < -0.4 is 10.5 Å². The van der Waals surface area contributed by atoms with Crippen LogP contribution >= 0.6 is 0 Å². The number of nitro benzene ring substituents is 1. The van der Waals surface area contributed by atoms with Gasteiger partial charge in [0.25, 0.3) is 5.69 Å². The first-order chi connectivity index (χ1) is 9.88. The lowest BCUT2D eigenvalue weighted by Gasteiger charge is -2.08. The highest BCUT2D eigenvalue weighted by Crippen LogP contribution is 2.25. The Morgan fingerprint density at radius 1 is 1.33 bits per heavy atom. The number of anilines is 1. The minimum absolute atomic E-state index is 0.00637. The third-order valence-electron chi connectivity index (χ3n) is 2.44. The quantitative estimate of drug-likeness (QED) is 0.286. The van der Waals surface area contributed by atoms with Crippen molar-refractivity contribution in [1.29, 1.82) is 0 Å². The second-order valence-corrected chi connectivity index (χ2v) is 5.72. The molecule has 0 unspecified atom stereocenters. The maximum Gasteiger partial charge on any atom is 0.291 e. The number of sulfonamides is 1. The second kappa shape index (κ2) is 7.88. The topological polar surface area (TPSA) is 134 Å². The molecule has 0 saturated carbocycles. The van der Waals surface area contributed by atoms with Crippen LogP contribution in [0.2, 0.25) is 0 Å². The lowest BCUT2D eigenvalue weighted by molar-refractivity contribution is -0.387. The van der Waals surface area contributed by atoms with E-state index >= 15 is 0 Å². The molecule has 0 heterocycles. The maximum absolute atomic E-state index is 12.0. The average molecular weight is 319 g/mol. The van der Waals surface area contributed by atoms with E-state index in [4.69, 9.17) is 15.2 Å². The fourth-order valence-electron chi connectivity index (χ4n) is 1.47. The minimum atomic E-state index is -4.00. The summed E-state index contributed by atoms with van der Waals surface area (Å²) in [6, 6.07) is 3.39. The van der Waals surface area contributed by atoms with Gasteiger partial charge in [-0.3, -0.25) is 10.1 Å². The third-order valence-corrected chi connectivity index (χ3v) is 3.95. The summed E-state index contributed by atoms with van der Waals surface area (Å²) in [5, 5.41) is 10.9. The number of nitro groups is 1. The van der Waals surface area contributed by atoms with Crippen LogP contribution in [0.5, 0.6) is 0 Å². The van der Waals surface area contributed by atoms with E-state index in [-0.39, 0.29) is 18.8 Å². The summed E-state index contributed by atoms with van der Waals surface area (Å²) >= 11 is 0. The molecule has 0 aromatic heterocycles. The molecule has 118 valence electrons. The van der Waals surface area contributed by atoms with Gasteiger partial charge in [0, 0.05) is 25.4 Å². The molecule has 0 spiro atoms. The van der Waals surface area contributed by atoms with Crippen LogP contribution in [0.25, 0.3) is 0 Å². The lowest BCUT2D eigenvalue weighted by Crippen LogP contribution is -2.28. The first kappa shape index (κ1) is 17.3. The monoisotopic (exact) mass is 319 g/mol. The Kier molecular flexibility index (Phi) is 6.49. The predicted molar refractivity (Wildman–Crippen MR) is 75.4 cm³/mol. The largest absolute Gasteiger partial charge is 0.399 e. The number of methoxy groups -OCH3 is 1. The van der Waals surface area contributed by atoms with Gasteiger partial charge >= 0.3 is 0 Å². The van der Waals surface area contributed by atoms with E-state index < -0.39 is 25.5 Å². The smallest absolute Gasteiger partial charge is 0.291 e. The van der Waals surface area contributed by atoms with Crippen LogP contribution in [0, 0.1) is 10.1 Å². The molecule has 0 amide bonds. The normalized spacial score (nSPS) is 11.5. The van der Waals surface area contributed by atoms with Crippen molar-refractivity contribution in [1.82, 2.24) is 4.72 Å². The number of rotatable bonds is 9. The van der Waals surface area contributed by atoms with Gasteiger partial charge in [-0.25, -0.2) is 13.1 Å². The summed E-state index contributed by atoms with van der Waals surface area (Å²) in [6.45, 7) is 0.857. The molecule has 21 heavy (non-hydrogen) atoms. The molecule has 0 atom stereocenters. The van der Waals surface area contributed by atoms with E-state index in [1.54, 1.807) is 0 Å². The van der Waals surface area contributed by atoms with Crippen LogP contribution in [0.4, 0.5) is 11.4 Å². The number of nitrogens with two attached hydrogens (primary N) is 1. The summed E-state index contributed by atoms with van der Waals surface area (Å²) in [5.41, 5.74) is 4.97. The van der Waals surface area contributed by atoms with Gasteiger partial charge < -0.3 is 15.2 Å². The zero-order valence-electron chi connectivity index (χ0n) is 11.4. The Bertz CT molecular complexity index is 590. The van der Waals surface area contributed by atoms with Gasteiger partial charge in [0.1, 0.15) is 0 Å². The number of benzene rings is 1. The van der Waals surface area contributed by atoms with Crippen molar-refractivity contribution in [2.45, 2.75) is 4.90 Å². The Balaban J connectivity index is 2.72. The van der Waals surface area contributed by atoms with E-state index in [1.165, 1.54) is 13.2 Å². The van der Waals surface area contributed by atoms with Crippen molar-refractivity contribution in [3.8, 4) is 0 Å². The van der Waals surface area contributed by atoms with Crippen LogP contribution in [-0.2, 0) is 19.5 Å². The number of nitrogens with zero attached hydrogens (tertiary/aromatic N) is 1. The zero-order valence-corrected chi connectivity index (χ0v) is 12.3. The number of nitrogens with one attached hydrogen (secondary N) is 1. The Morgan fingerprint density at radius 2 is 2.05 bits per heavy atom. The highest BCUT2D eigenvalue weighted by Gasteiger charge is 2.25. The van der Waals surface area contributed by atoms with Crippen molar-refractivity contribution in [3.63, 3.8) is 0 Å². The van der Waals surface area contributed by atoms with Crippen molar-refractivity contribution < 1.29 is 22.8 Å². The summed E-state index contributed by atoms with van der Waals surface area (Å²) in [7, 11) is -2.48. The summed E-state index contributed by atoms with van der Waals surface area (Å²) < 4.78 is 36.1. The molecule has 9 nitrogen and oxygen atoms in total. The predicted octanol–water partition coefficient (Wildman–Crippen LogP) is 0.118. The van der Waals surface area contributed by atoms with Crippen molar-refractivity contribution in [2.24, 2.45) is 0 Å². The molecule has 0 saturated heterocycles. The minimum Gasteiger partial charge on any atom is -0.399 e. The molecule has 1 aromatic rings. The van der Waals surface area contributed by atoms with Gasteiger partial charge in [0.05, 0.1) is 24.7 Å². The maximum atomic E-state index is 12.0. The Hall–Kier alpha value is -1.75. The molecular formula is C11H17N3O6S. The number of nitrogen functional groups attached to an aromatic ring is 1. The first-order valence-electron chi connectivity index (χ1n) is 5.98. The van der Waals surface area contributed by atoms with E-state index in [0.717, 1.165) is 12.1 Å². The van der Waals surface area contributed by atoms with Crippen molar-refractivity contribution in [3.05, 3.63) is 28.3 Å².